The Morgan fingerprint density at radius 3 is 2.54 bits per heavy atom. The number of carbonyl (C=O) groups excluding carboxylic acids is 1. The lowest BCUT2D eigenvalue weighted by atomic mass is 10.0. The first-order valence-electron chi connectivity index (χ1n) is 9.52. The van der Waals surface area contributed by atoms with Gasteiger partial charge in [-0.15, -0.1) is 11.3 Å². The lowest BCUT2D eigenvalue weighted by molar-refractivity contribution is 0.102. The van der Waals surface area contributed by atoms with E-state index < -0.39 is 0 Å². The second kappa shape index (κ2) is 8.18. The fraction of sp³-hybridized carbons (Fsp3) is 0.500. The van der Waals surface area contributed by atoms with E-state index in [9.17, 15) is 4.79 Å². The Bertz CT molecular complexity index is 725. The van der Waals surface area contributed by atoms with E-state index in [1.54, 1.807) is 11.3 Å². The van der Waals surface area contributed by atoms with Crippen molar-refractivity contribution in [2.45, 2.75) is 38.5 Å². The molecule has 1 aliphatic carbocycles. The highest BCUT2D eigenvalue weighted by molar-refractivity contribution is 7.15. The maximum absolute atomic E-state index is 12.6. The Morgan fingerprint density at radius 2 is 1.77 bits per heavy atom. The molecule has 1 aromatic carbocycles. The van der Waals surface area contributed by atoms with Crippen molar-refractivity contribution >= 4 is 28.1 Å². The minimum absolute atomic E-state index is 0.0831. The molecule has 0 radical (unpaired) electrons. The minimum atomic E-state index is -0.0831. The number of thiazole rings is 1. The molecule has 1 fully saturated rings. The van der Waals surface area contributed by atoms with Gasteiger partial charge in [-0.05, 0) is 49.9 Å². The number of ether oxygens (including phenoxy) is 1. The normalized spacial score (nSPS) is 17.9. The Labute approximate surface area is 158 Å². The number of anilines is 2. The van der Waals surface area contributed by atoms with Crippen LogP contribution in [0.1, 0.15) is 46.6 Å². The van der Waals surface area contributed by atoms with Crippen molar-refractivity contribution < 1.29 is 9.53 Å². The van der Waals surface area contributed by atoms with Crippen LogP contribution in [0, 0.1) is 0 Å². The predicted octanol–water partition coefficient (Wildman–Crippen LogP) is 3.89. The van der Waals surface area contributed by atoms with E-state index in [2.05, 4.69) is 15.2 Å². The van der Waals surface area contributed by atoms with E-state index in [0.717, 1.165) is 50.0 Å². The molecule has 2 heterocycles. The first-order valence-corrected chi connectivity index (χ1v) is 10.3. The molecule has 6 heteroatoms. The molecular weight excluding hydrogens is 346 g/mol. The monoisotopic (exact) mass is 371 g/mol. The van der Waals surface area contributed by atoms with E-state index in [4.69, 9.17) is 4.74 Å². The van der Waals surface area contributed by atoms with Gasteiger partial charge in [0, 0.05) is 29.2 Å². The molecule has 4 rings (SSSR count). The SMILES string of the molecule is O=C(Nc1nc2c(s1)CCCCCC2)c1ccc(N2CCOCC2)cc1. The third kappa shape index (κ3) is 4.07. The van der Waals surface area contributed by atoms with Gasteiger partial charge >= 0.3 is 0 Å². The smallest absolute Gasteiger partial charge is 0.257 e. The quantitative estimate of drug-likeness (QED) is 0.889. The lowest BCUT2D eigenvalue weighted by Crippen LogP contribution is -2.36. The number of hydrogen-bond donors (Lipinski definition) is 1. The van der Waals surface area contributed by atoms with Gasteiger partial charge in [-0.1, -0.05) is 12.8 Å². The van der Waals surface area contributed by atoms with Gasteiger partial charge in [0.05, 0.1) is 18.9 Å². The van der Waals surface area contributed by atoms with E-state index in [1.165, 1.54) is 36.3 Å². The van der Waals surface area contributed by atoms with Gasteiger partial charge < -0.3 is 9.64 Å². The summed E-state index contributed by atoms with van der Waals surface area (Å²) in [6.45, 7) is 3.32. The zero-order valence-corrected chi connectivity index (χ0v) is 15.8. The van der Waals surface area contributed by atoms with Crippen LogP contribution in [0.25, 0.3) is 0 Å². The summed E-state index contributed by atoms with van der Waals surface area (Å²) in [4.78, 5) is 20.9. The zero-order chi connectivity index (χ0) is 17.8. The summed E-state index contributed by atoms with van der Waals surface area (Å²) < 4.78 is 5.39. The molecule has 1 aliphatic heterocycles. The minimum Gasteiger partial charge on any atom is -0.378 e. The molecule has 1 aromatic heterocycles. The van der Waals surface area contributed by atoms with Crippen LogP contribution in [-0.4, -0.2) is 37.2 Å². The maximum Gasteiger partial charge on any atom is 0.257 e. The highest BCUT2D eigenvalue weighted by Gasteiger charge is 2.16. The van der Waals surface area contributed by atoms with Gasteiger partial charge in [-0.25, -0.2) is 4.98 Å². The molecule has 0 bridgehead atoms. The Morgan fingerprint density at radius 1 is 1.04 bits per heavy atom. The number of carbonyl (C=O) groups is 1. The number of benzene rings is 1. The molecule has 1 N–H and O–H groups in total. The van der Waals surface area contributed by atoms with Crippen LogP contribution < -0.4 is 10.2 Å². The van der Waals surface area contributed by atoms with Gasteiger partial charge in [-0.2, -0.15) is 0 Å². The molecule has 0 unspecified atom stereocenters. The molecular formula is C20H25N3O2S. The second-order valence-corrected chi connectivity index (χ2v) is 7.99. The van der Waals surface area contributed by atoms with Crippen molar-refractivity contribution in [3.8, 4) is 0 Å². The highest BCUT2D eigenvalue weighted by atomic mass is 32.1. The molecule has 26 heavy (non-hydrogen) atoms. The average molecular weight is 372 g/mol. The van der Waals surface area contributed by atoms with Crippen LogP contribution in [-0.2, 0) is 17.6 Å². The van der Waals surface area contributed by atoms with Gasteiger partial charge in [-0.3, -0.25) is 10.1 Å². The standard InChI is InChI=1S/C20H25N3O2S/c24-19(15-7-9-16(10-8-15)23-11-13-25-14-12-23)22-20-21-17-5-3-1-2-4-6-18(17)26-20/h7-10H,1-6,11-14H2,(H,21,22,24). The fourth-order valence-electron chi connectivity index (χ4n) is 3.57. The molecule has 138 valence electrons. The fourth-order valence-corrected chi connectivity index (χ4v) is 4.62. The van der Waals surface area contributed by atoms with Crippen molar-refractivity contribution in [1.82, 2.24) is 4.98 Å². The number of morpholine rings is 1. The summed E-state index contributed by atoms with van der Waals surface area (Å²) >= 11 is 1.64. The molecule has 2 aliphatic rings. The number of aryl methyl sites for hydroxylation is 2. The van der Waals surface area contributed by atoms with E-state index in [-0.39, 0.29) is 5.91 Å². The number of amides is 1. The van der Waals surface area contributed by atoms with Crippen LogP contribution in [0.4, 0.5) is 10.8 Å². The summed E-state index contributed by atoms with van der Waals surface area (Å²) in [7, 11) is 0. The summed E-state index contributed by atoms with van der Waals surface area (Å²) in [6.07, 6.45) is 7.15. The van der Waals surface area contributed by atoms with Crippen molar-refractivity contribution in [2.75, 3.05) is 36.5 Å². The van der Waals surface area contributed by atoms with Crippen molar-refractivity contribution in [1.29, 1.82) is 0 Å². The zero-order valence-electron chi connectivity index (χ0n) is 15.0. The summed E-state index contributed by atoms with van der Waals surface area (Å²) in [6, 6.07) is 7.82. The molecule has 0 saturated carbocycles. The lowest BCUT2D eigenvalue weighted by Gasteiger charge is -2.28. The first kappa shape index (κ1) is 17.5. The van der Waals surface area contributed by atoms with Crippen LogP contribution in [0.3, 0.4) is 0 Å². The largest absolute Gasteiger partial charge is 0.378 e. The number of aromatic nitrogens is 1. The first-order chi connectivity index (χ1) is 12.8. The van der Waals surface area contributed by atoms with E-state index >= 15 is 0 Å². The number of nitrogens with zero attached hydrogens (tertiary/aromatic N) is 2. The molecule has 0 atom stereocenters. The molecule has 1 amide bonds. The van der Waals surface area contributed by atoms with Crippen LogP contribution in [0.5, 0.6) is 0 Å². The number of rotatable bonds is 3. The Balaban J connectivity index is 1.42. The van der Waals surface area contributed by atoms with Gasteiger partial charge in [0.1, 0.15) is 0 Å². The van der Waals surface area contributed by atoms with Crippen molar-refractivity contribution in [3.05, 3.63) is 40.4 Å². The number of fused-ring (bicyclic) bond motifs is 1. The van der Waals surface area contributed by atoms with Gasteiger partial charge in [0.2, 0.25) is 0 Å². The summed E-state index contributed by atoms with van der Waals surface area (Å²) in [5.41, 5.74) is 3.00. The Hall–Kier alpha value is -1.92. The van der Waals surface area contributed by atoms with Gasteiger partial charge in [0.15, 0.2) is 5.13 Å². The van der Waals surface area contributed by atoms with Crippen LogP contribution in [0.2, 0.25) is 0 Å². The Kier molecular flexibility index (Phi) is 5.51. The highest BCUT2D eigenvalue weighted by Crippen LogP contribution is 2.29. The van der Waals surface area contributed by atoms with Crippen LogP contribution >= 0.6 is 11.3 Å². The second-order valence-electron chi connectivity index (χ2n) is 6.90. The predicted molar refractivity (Wildman–Crippen MR) is 105 cm³/mol. The molecule has 2 aromatic rings. The third-order valence-electron chi connectivity index (χ3n) is 5.07. The van der Waals surface area contributed by atoms with E-state index in [1.807, 2.05) is 24.3 Å². The number of nitrogens with one attached hydrogen (secondary N) is 1. The maximum atomic E-state index is 12.6. The van der Waals surface area contributed by atoms with Crippen LogP contribution in [0.15, 0.2) is 24.3 Å². The molecule has 0 spiro atoms. The number of hydrogen-bond acceptors (Lipinski definition) is 5. The van der Waals surface area contributed by atoms with Gasteiger partial charge in [0.25, 0.3) is 5.91 Å². The molecule has 1 saturated heterocycles. The van der Waals surface area contributed by atoms with Crippen molar-refractivity contribution in [2.24, 2.45) is 0 Å². The summed E-state index contributed by atoms with van der Waals surface area (Å²) in [5.74, 6) is -0.0831. The topological polar surface area (TPSA) is 54.5 Å². The average Bonchev–Trinajstić information content (AvgIpc) is 3.03. The molecule has 5 nitrogen and oxygen atoms in total. The third-order valence-corrected chi connectivity index (χ3v) is 6.14. The van der Waals surface area contributed by atoms with Crippen molar-refractivity contribution in [3.63, 3.8) is 0 Å². The van der Waals surface area contributed by atoms with E-state index in [0.29, 0.717) is 5.56 Å². The summed E-state index contributed by atoms with van der Waals surface area (Å²) in [5, 5.41) is 3.73.